The van der Waals surface area contributed by atoms with E-state index in [0.29, 0.717) is 10.7 Å². The summed E-state index contributed by atoms with van der Waals surface area (Å²) < 4.78 is 0. The minimum Gasteiger partial charge on any atom is -0.394 e. The van der Waals surface area contributed by atoms with Crippen molar-refractivity contribution in [3.8, 4) is 0 Å². The summed E-state index contributed by atoms with van der Waals surface area (Å²) in [6.07, 6.45) is 0. The van der Waals surface area contributed by atoms with E-state index in [1.807, 2.05) is 20.8 Å². The SMILES string of the molecule is CC(C)(C)c1[nH]c(=O)c(N)cc1Cl. The molecule has 4 heteroatoms. The molecule has 72 valence electrons. The van der Waals surface area contributed by atoms with Crippen LogP contribution in [0.5, 0.6) is 0 Å². The molecule has 0 saturated carbocycles. The normalized spacial score (nSPS) is 11.7. The molecule has 0 saturated heterocycles. The van der Waals surface area contributed by atoms with Gasteiger partial charge in [0.25, 0.3) is 5.56 Å². The van der Waals surface area contributed by atoms with Gasteiger partial charge < -0.3 is 10.7 Å². The van der Waals surface area contributed by atoms with Crippen LogP contribution in [0.4, 0.5) is 5.69 Å². The lowest BCUT2D eigenvalue weighted by atomic mass is 9.91. The molecule has 1 heterocycles. The molecular formula is C9H13ClN2O. The highest BCUT2D eigenvalue weighted by Gasteiger charge is 2.18. The lowest BCUT2D eigenvalue weighted by Gasteiger charge is -2.19. The molecule has 0 aliphatic rings. The lowest BCUT2D eigenvalue weighted by Crippen LogP contribution is -2.21. The maximum Gasteiger partial charge on any atom is 0.271 e. The number of nitrogens with one attached hydrogen (secondary N) is 1. The summed E-state index contributed by atoms with van der Waals surface area (Å²) in [5, 5.41) is 0.504. The number of anilines is 1. The van der Waals surface area contributed by atoms with Gasteiger partial charge in [-0.15, -0.1) is 0 Å². The van der Waals surface area contributed by atoms with Gasteiger partial charge in [0.1, 0.15) is 0 Å². The Hall–Kier alpha value is -0.960. The second kappa shape index (κ2) is 3.07. The van der Waals surface area contributed by atoms with Crippen LogP contribution >= 0.6 is 11.6 Å². The van der Waals surface area contributed by atoms with E-state index in [1.54, 1.807) is 0 Å². The van der Waals surface area contributed by atoms with Crippen LogP contribution in [0.25, 0.3) is 0 Å². The molecule has 0 aromatic carbocycles. The van der Waals surface area contributed by atoms with Crippen molar-refractivity contribution in [2.45, 2.75) is 26.2 Å². The second-order valence-corrected chi connectivity index (χ2v) is 4.43. The van der Waals surface area contributed by atoms with Crippen LogP contribution in [-0.2, 0) is 5.41 Å². The topological polar surface area (TPSA) is 58.9 Å². The summed E-state index contributed by atoms with van der Waals surface area (Å²) in [7, 11) is 0. The predicted molar refractivity (Wildman–Crippen MR) is 55.2 cm³/mol. The van der Waals surface area contributed by atoms with E-state index in [-0.39, 0.29) is 16.7 Å². The Morgan fingerprint density at radius 2 is 2.00 bits per heavy atom. The Morgan fingerprint density at radius 3 is 2.46 bits per heavy atom. The zero-order valence-electron chi connectivity index (χ0n) is 7.94. The number of nitrogen functional groups attached to an aromatic ring is 1. The van der Waals surface area contributed by atoms with Gasteiger partial charge in [-0.25, -0.2) is 0 Å². The van der Waals surface area contributed by atoms with E-state index in [4.69, 9.17) is 17.3 Å². The fourth-order valence-corrected chi connectivity index (χ4v) is 1.51. The third-order valence-corrected chi connectivity index (χ3v) is 2.07. The number of hydrogen-bond acceptors (Lipinski definition) is 2. The highest BCUT2D eigenvalue weighted by Crippen LogP contribution is 2.26. The summed E-state index contributed by atoms with van der Waals surface area (Å²) in [6, 6.07) is 1.49. The van der Waals surface area contributed by atoms with Gasteiger partial charge in [0, 0.05) is 11.1 Å². The highest BCUT2D eigenvalue weighted by molar-refractivity contribution is 6.31. The average molecular weight is 201 g/mol. The van der Waals surface area contributed by atoms with E-state index in [9.17, 15) is 4.79 Å². The smallest absolute Gasteiger partial charge is 0.271 e. The van der Waals surface area contributed by atoms with E-state index >= 15 is 0 Å². The van der Waals surface area contributed by atoms with Gasteiger partial charge >= 0.3 is 0 Å². The summed E-state index contributed by atoms with van der Waals surface area (Å²) in [6.45, 7) is 5.92. The first kappa shape index (κ1) is 10.1. The molecule has 0 aliphatic carbocycles. The number of aromatic amines is 1. The van der Waals surface area contributed by atoms with Crippen molar-refractivity contribution in [2.75, 3.05) is 5.73 Å². The summed E-state index contributed by atoms with van der Waals surface area (Å²) in [5.74, 6) is 0. The zero-order valence-corrected chi connectivity index (χ0v) is 8.70. The molecule has 3 nitrogen and oxygen atoms in total. The fourth-order valence-electron chi connectivity index (χ4n) is 1.07. The lowest BCUT2D eigenvalue weighted by molar-refractivity contribution is 0.567. The van der Waals surface area contributed by atoms with Crippen LogP contribution in [0.2, 0.25) is 5.02 Å². The van der Waals surface area contributed by atoms with Crippen molar-refractivity contribution in [1.82, 2.24) is 4.98 Å². The van der Waals surface area contributed by atoms with Crippen molar-refractivity contribution in [3.63, 3.8) is 0 Å². The molecule has 0 radical (unpaired) electrons. The Balaban J connectivity index is 3.41. The molecular weight excluding hydrogens is 188 g/mol. The van der Waals surface area contributed by atoms with Crippen molar-refractivity contribution in [1.29, 1.82) is 0 Å². The number of aromatic nitrogens is 1. The van der Waals surface area contributed by atoms with Crippen molar-refractivity contribution >= 4 is 17.3 Å². The first-order chi connectivity index (χ1) is 5.82. The van der Waals surface area contributed by atoms with Crippen LogP contribution in [0.15, 0.2) is 10.9 Å². The Labute approximate surface area is 81.9 Å². The zero-order chi connectivity index (χ0) is 10.2. The minimum absolute atomic E-state index is 0.151. The first-order valence-corrected chi connectivity index (χ1v) is 4.39. The van der Waals surface area contributed by atoms with Gasteiger partial charge in [0.15, 0.2) is 0 Å². The maximum atomic E-state index is 11.2. The molecule has 1 rings (SSSR count). The van der Waals surface area contributed by atoms with Crippen LogP contribution in [0, 0.1) is 0 Å². The summed E-state index contributed by atoms with van der Waals surface area (Å²) in [5.41, 5.74) is 5.81. The molecule has 1 aromatic rings. The summed E-state index contributed by atoms with van der Waals surface area (Å²) in [4.78, 5) is 13.9. The third-order valence-electron chi connectivity index (χ3n) is 1.77. The fraction of sp³-hybridized carbons (Fsp3) is 0.444. The molecule has 0 amide bonds. The standard InChI is InChI=1S/C9H13ClN2O/c1-9(2,3)7-5(10)4-6(11)8(13)12-7/h4H,11H2,1-3H3,(H,12,13). The Kier molecular flexibility index (Phi) is 2.39. The van der Waals surface area contributed by atoms with Gasteiger partial charge in [-0.2, -0.15) is 0 Å². The maximum absolute atomic E-state index is 11.2. The van der Waals surface area contributed by atoms with Crippen molar-refractivity contribution in [3.05, 3.63) is 27.1 Å². The van der Waals surface area contributed by atoms with E-state index in [2.05, 4.69) is 4.98 Å². The number of H-pyrrole nitrogens is 1. The predicted octanol–water partition coefficient (Wildman–Crippen LogP) is 1.91. The molecule has 1 aromatic heterocycles. The Morgan fingerprint density at radius 1 is 1.46 bits per heavy atom. The number of hydrogen-bond donors (Lipinski definition) is 2. The van der Waals surface area contributed by atoms with Gasteiger partial charge in [-0.05, 0) is 6.07 Å². The summed E-state index contributed by atoms with van der Waals surface area (Å²) >= 11 is 5.94. The van der Waals surface area contributed by atoms with E-state index < -0.39 is 0 Å². The molecule has 0 atom stereocenters. The van der Waals surface area contributed by atoms with Crippen molar-refractivity contribution in [2.24, 2.45) is 0 Å². The van der Waals surface area contributed by atoms with Crippen LogP contribution < -0.4 is 11.3 Å². The molecule has 0 fully saturated rings. The van der Waals surface area contributed by atoms with Crippen LogP contribution in [-0.4, -0.2) is 4.98 Å². The molecule has 0 aliphatic heterocycles. The highest BCUT2D eigenvalue weighted by atomic mass is 35.5. The number of pyridine rings is 1. The van der Waals surface area contributed by atoms with Gasteiger partial charge in [-0.1, -0.05) is 32.4 Å². The first-order valence-electron chi connectivity index (χ1n) is 4.01. The monoisotopic (exact) mass is 200 g/mol. The van der Waals surface area contributed by atoms with Gasteiger partial charge in [0.05, 0.1) is 10.7 Å². The average Bonchev–Trinajstić information content (AvgIpc) is 1.94. The second-order valence-electron chi connectivity index (χ2n) is 4.03. The quantitative estimate of drug-likeness (QED) is 0.672. The van der Waals surface area contributed by atoms with E-state index in [1.165, 1.54) is 6.07 Å². The molecule has 3 N–H and O–H groups in total. The largest absolute Gasteiger partial charge is 0.394 e. The minimum atomic E-state index is -0.283. The van der Waals surface area contributed by atoms with Gasteiger partial charge in [0.2, 0.25) is 0 Å². The Bertz CT molecular complexity index is 376. The van der Waals surface area contributed by atoms with Crippen LogP contribution in [0.1, 0.15) is 26.5 Å². The van der Waals surface area contributed by atoms with Crippen molar-refractivity contribution < 1.29 is 0 Å². The number of nitrogens with two attached hydrogens (primary N) is 1. The molecule has 0 spiro atoms. The number of halogens is 1. The van der Waals surface area contributed by atoms with E-state index in [0.717, 1.165) is 0 Å². The number of rotatable bonds is 0. The third kappa shape index (κ3) is 2.04. The van der Waals surface area contributed by atoms with Crippen LogP contribution in [0.3, 0.4) is 0 Å². The molecule has 0 unspecified atom stereocenters. The molecule has 13 heavy (non-hydrogen) atoms. The molecule has 0 bridgehead atoms. The van der Waals surface area contributed by atoms with Gasteiger partial charge in [-0.3, -0.25) is 4.79 Å².